The molecule has 0 bridgehead atoms. The monoisotopic (exact) mass is 309 g/mol. The van der Waals surface area contributed by atoms with E-state index < -0.39 is 5.82 Å². The van der Waals surface area contributed by atoms with Gasteiger partial charge in [-0.3, -0.25) is 9.69 Å². The number of carbonyl (C=O) groups excluding carboxylic acids is 1. The molecule has 0 aromatic carbocycles. The Kier molecular flexibility index (Phi) is 3.30. The molecule has 1 aliphatic rings. The number of rotatable bonds is 2. The molecule has 0 atom stereocenters. The number of pyridine rings is 1. The van der Waals surface area contributed by atoms with E-state index in [0.29, 0.717) is 17.4 Å². The van der Waals surface area contributed by atoms with Gasteiger partial charge < -0.3 is 10.1 Å². The van der Waals surface area contributed by atoms with Crippen molar-refractivity contribution in [2.45, 2.75) is 0 Å². The second-order valence-electron chi connectivity index (χ2n) is 4.22. The predicted octanol–water partition coefficient (Wildman–Crippen LogP) is 1.76. The average Bonchev–Trinajstić information content (AvgIpc) is 2.47. The number of nitrogens with zero attached hydrogens (tertiary/aromatic N) is 4. The molecule has 2 aromatic heterocycles. The number of nitrogens with one attached hydrogen (secondary N) is 1. The van der Waals surface area contributed by atoms with Crippen molar-refractivity contribution < 1.29 is 13.9 Å². The van der Waals surface area contributed by atoms with Gasteiger partial charge in [0.15, 0.2) is 29.8 Å². The molecular formula is C12H9ClFN5O2. The molecule has 0 radical (unpaired) electrons. The van der Waals surface area contributed by atoms with Crippen LogP contribution in [-0.4, -0.2) is 34.5 Å². The van der Waals surface area contributed by atoms with Crippen LogP contribution in [0.4, 0.5) is 21.8 Å². The van der Waals surface area contributed by atoms with Crippen molar-refractivity contribution in [1.82, 2.24) is 15.0 Å². The van der Waals surface area contributed by atoms with Crippen molar-refractivity contribution in [3.8, 4) is 5.75 Å². The maximum atomic E-state index is 13.6. The summed E-state index contributed by atoms with van der Waals surface area (Å²) in [6.07, 6.45) is 0.953. The quantitative estimate of drug-likeness (QED) is 0.852. The number of aromatic nitrogens is 3. The topological polar surface area (TPSA) is 80.2 Å². The Hall–Kier alpha value is -2.48. The first-order valence-corrected chi connectivity index (χ1v) is 6.28. The third kappa shape index (κ3) is 2.57. The number of amides is 1. The van der Waals surface area contributed by atoms with Gasteiger partial charge in [0.1, 0.15) is 5.82 Å². The van der Waals surface area contributed by atoms with Gasteiger partial charge in [-0.1, -0.05) is 0 Å². The summed E-state index contributed by atoms with van der Waals surface area (Å²) in [5.41, 5.74) is 0. The summed E-state index contributed by atoms with van der Waals surface area (Å²) in [6, 6.07) is 3.21. The van der Waals surface area contributed by atoms with E-state index in [1.807, 2.05) is 0 Å². The SMILES string of the molecule is CN1C(=O)COc2ccc(Nc3nc(Cl)ncc3F)nc21. The molecule has 0 spiro atoms. The number of anilines is 3. The van der Waals surface area contributed by atoms with Crippen molar-refractivity contribution in [2.24, 2.45) is 0 Å². The first kappa shape index (κ1) is 13.5. The lowest BCUT2D eigenvalue weighted by molar-refractivity contribution is -0.121. The lowest BCUT2D eigenvalue weighted by Gasteiger charge is -2.25. The zero-order valence-electron chi connectivity index (χ0n) is 10.8. The molecule has 0 saturated heterocycles. The number of likely N-dealkylation sites (N-methyl/N-ethyl adjacent to an activating group) is 1. The van der Waals surface area contributed by atoms with Crippen molar-refractivity contribution >= 4 is 35.0 Å². The molecule has 108 valence electrons. The third-order valence-corrected chi connectivity index (χ3v) is 3.03. The van der Waals surface area contributed by atoms with Crippen molar-refractivity contribution in [2.75, 3.05) is 23.9 Å². The van der Waals surface area contributed by atoms with Gasteiger partial charge in [0, 0.05) is 7.05 Å². The van der Waals surface area contributed by atoms with Gasteiger partial charge >= 0.3 is 0 Å². The normalized spacial score (nSPS) is 13.7. The number of hydrogen-bond donors (Lipinski definition) is 1. The summed E-state index contributed by atoms with van der Waals surface area (Å²) in [5, 5.41) is 2.59. The lowest BCUT2D eigenvalue weighted by Crippen LogP contribution is -2.36. The van der Waals surface area contributed by atoms with E-state index in [2.05, 4.69) is 20.3 Å². The van der Waals surface area contributed by atoms with Crippen LogP contribution >= 0.6 is 11.6 Å². The maximum absolute atomic E-state index is 13.6. The first-order chi connectivity index (χ1) is 10.0. The number of carbonyl (C=O) groups is 1. The molecule has 0 aliphatic carbocycles. The molecule has 0 unspecified atom stereocenters. The van der Waals surface area contributed by atoms with Crippen molar-refractivity contribution in [3.63, 3.8) is 0 Å². The van der Waals surface area contributed by atoms with E-state index in [0.717, 1.165) is 6.20 Å². The lowest BCUT2D eigenvalue weighted by atomic mass is 10.3. The van der Waals surface area contributed by atoms with E-state index >= 15 is 0 Å². The Morgan fingerprint density at radius 3 is 3.05 bits per heavy atom. The van der Waals surface area contributed by atoms with E-state index in [1.165, 1.54) is 4.90 Å². The second-order valence-corrected chi connectivity index (χ2v) is 4.56. The molecule has 1 aliphatic heterocycles. The fourth-order valence-corrected chi connectivity index (χ4v) is 1.90. The number of hydrogen-bond acceptors (Lipinski definition) is 6. The van der Waals surface area contributed by atoms with Gasteiger partial charge in [0.05, 0.1) is 6.20 Å². The van der Waals surface area contributed by atoms with Crippen LogP contribution in [0.3, 0.4) is 0 Å². The molecule has 9 heteroatoms. The van der Waals surface area contributed by atoms with E-state index in [9.17, 15) is 9.18 Å². The van der Waals surface area contributed by atoms with E-state index in [-0.39, 0.29) is 23.6 Å². The van der Waals surface area contributed by atoms with Crippen LogP contribution in [0.25, 0.3) is 0 Å². The summed E-state index contributed by atoms with van der Waals surface area (Å²) in [6.45, 7) is -0.0336. The third-order valence-electron chi connectivity index (χ3n) is 2.84. The highest BCUT2D eigenvalue weighted by Gasteiger charge is 2.24. The summed E-state index contributed by atoms with van der Waals surface area (Å²) >= 11 is 5.62. The minimum absolute atomic E-state index is 0.0336. The van der Waals surface area contributed by atoms with Crippen molar-refractivity contribution in [1.29, 1.82) is 0 Å². The number of ether oxygens (including phenoxy) is 1. The predicted molar refractivity (Wildman–Crippen MR) is 73.4 cm³/mol. The van der Waals surface area contributed by atoms with Gasteiger partial charge in [-0.2, -0.15) is 4.98 Å². The highest BCUT2D eigenvalue weighted by molar-refractivity contribution is 6.28. The highest BCUT2D eigenvalue weighted by Crippen LogP contribution is 2.31. The Bertz CT molecular complexity index is 727. The van der Waals surface area contributed by atoms with Crippen LogP contribution in [0.2, 0.25) is 5.28 Å². The summed E-state index contributed by atoms with van der Waals surface area (Å²) in [5.74, 6) is 0.129. The summed E-state index contributed by atoms with van der Waals surface area (Å²) < 4.78 is 18.8. The molecule has 1 amide bonds. The fourth-order valence-electron chi connectivity index (χ4n) is 1.77. The van der Waals surface area contributed by atoms with Gasteiger partial charge in [-0.25, -0.2) is 14.4 Å². The molecule has 3 rings (SSSR count). The Labute approximate surface area is 123 Å². The fraction of sp³-hybridized carbons (Fsp3) is 0.167. The number of fused-ring (bicyclic) bond motifs is 1. The Morgan fingerprint density at radius 2 is 2.24 bits per heavy atom. The van der Waals surface area contributed by atoms with Crippen LogP contribution in [0.5, 0.6) is 5.75 Å². The smallest absolute Gasteiger partial charge is 0.265 e. The van der Waals surface area contributed by atoms with Gasteiger partial charge in [0.2, 0.25) is 5.28 Å². The molecule has 3 heterocycles. The summed E-state index contributed by atoms with van der Waals surface area (Å²) in [7, 11) is 1.59. The van der Waals surface area contributed by atoms with Crippen LogP contribution in [0.1, 0.15) is 0 Å². The minimum atomic E-state index is -0.667. The van der Waals surface area contributed by atoms with Gasteiger partial charge in [0.25, 0.3) is 5.91 Å². The molecule has 1 N–H and O–H groups in total. The maximum Gasteiger partial charge on any atom is 0.265 e. The largest absolute Gasteiger partial charge is 0.480 e. The van der Waals surface area contributed by atoms with E-state index in [1.54, 1.807) is 19.2 Å². The molecule has 7 nitrogen and oxygen atoms in total. The zero-order valence-corrected chi connectivity index (χ0v) is 11.6. The number of halogens is 2. The molecule has 2 aromatic rings. The Morgan fingerprint density at radius 1 is 1.43 bits per heavy atom. The van der Waals surface area contributed by atoms with Crippen LogP contribution in [0, 0.1) is 5.82 Å². The van der Waals surface area contributed by atoms with Crippen molar-refractivity contribution in [3.05, 3.63) is 29.4 Å². The Balaban J connectivity index is 1.94. The second kappa shape index (κ2) is 5.13. The van der Waals surface area contributed by atoms with Crippen LogP contribution < -0.4 is 15.0 Å². The van der Waals surface area contributed by atoms with Gasteiger partial charge in [-0.05, 0) is 23.7 Å². The van der Waals surface area contributed by atoms with Gasteiger partial charge in [-0.15, -0.1) is 0 Å². The summed E-state index contributed by atoms with van der Waals surface area (Å²) in [4.78, 5) is 24.4. The molecule has 0 fully saturated rings. The minimum Gasteiger partial charge on any atom is -0.480 e. The zero-order chi connectivity index (χ0) is 15.0. The first-order valence-electron chi connectivity index (χ1n) is 5.90. The molecule has 0 saturated carbocycles. The van der Waals surface area contributed by atoms with Crippen LogP contribution in [-0.2, 0) is 4.79 Å². The molecule has 21 heavy (non-hydrogen) atoms. The average molecular weight is 310 g/mol. The van der Waals surface area contributed by atoms with E-state index in [4.69, 9.17) is 16.3 Å². The molecular weight excluding hydrogens is 301 g/mol. The highest BCUT2D eigenvalue weighted by atomic mass is 35.5. The van der Waals surface area contributed by atoms with Crippen LogP contribution in [0.15, 0.2) is 18.3 Å². The standard InChI is InChI=1S/C12H9ClFN5O2/c1-19-9(20)5-21-7-2-3-8(17-11(7)19)16-10-6(14)4-15-12(13)18-10/h2-4H,5H2,1H3,(H,15,16,17,18).